The molecule has 2 unspecified atom stereocenters. The van der Waals surface area contributed by atoms with Crippen LogP contribution in [0.5, 0.6) is 5.75 Å². The number of hydrogen-bond acceptors (Lipinski definition) is 4. The van der Waals surface area contributed by atoms with Crippen LogP contribution in [-0.2, 0) is 19.7 Å². The highest BCUT2D eigenvalue weighted by Crippen LogP contribution is 2.45. The van der Waals surface area contributed by atoms with Gasteiger partial charge in [-0.3, -0.25) is 9.59 Å². The van der Waals surface area contributed by atoms with Crippen molar-refractivity contribution in [2.75, 3.05) is 20.3 Å². The molecule has 0 aliphatic heterocycles. The fourth-order valence-corrected chi connectivity index (χ4v) is 3.04. The molecule has 6 nitrogen and oxygen atoms in total. The number of carboxylic acids is 2. The molecule has 1 aliphatic rings. The van der Waals surface area contributed by atoms with Gasteiger partial charge in [0, 0.05) is 7.11 Å². The number of carboxylic acid groups (broad SMARTS) is 2. The lowest BCUT2D eigenvalue weighted by Crippen LogP contribution is -2.44. The molecule has 1 aromatic rings. The number of methoxy groups -OCH3 is 1. The van der Waals surface area contributed by atoms with Gasteiger partial charge in [0.1, 0.15) is 12.4 Å². The second-order valence-electron chi connectivity index (χ2n) is 6.26. The van der Waals surface area contributed by atoms with Crippen molar-refractivity contribution in [3.8, 4) is 5.75 Å². The minimum Gasteiger partial charge on any atom is -0.491 e. The first-order valence-electron chi connectivity index (χ1n) is 7.71. The average Bonchev–Trinajstić information content (AvgIpc) is 2.55. The van der Waals surface area contributed by atoms with Gasteiger partial charge in [0.2, 0.25) is 0 Å². The van der Waals surface area contributed by atoms with E-state index in [1.165, 1.54) is 0 Å². The number of carbonyl (C=O) groups is 2. The maximum Gasteiger partial charge on any atom is 0.314 e. The molecule has 0 radical (unpaired) electrons. The summed E-state index contributed by atoms with van der Waals surface area (Å²) in [4.78, 5) is 23.6. The molecule has 24 heavy (non-hydrogen) atoms. The van der Waals surface area contributed by atoms with Crippen LogP contribution in [0, 0.1) is 5.41 Å². The Hall–Kier alpha value is -2.34. The van der Waals surface area contributed by atoms with Crippen LogP contribution in [-0.4, -0.2) is 42.5 Å². The second-order valence-corrected chi connectivity index (χ2v) is 6.26. The first-order chi connectivity index (χ1) is 11.3. The van der Waals surface area contributed by atoms with E-state index in [0.29, 0.717) is 24.5 Å². The molecular weight excluding hydrogens is 312 g/mol. The van der Waals surface area contributed by atoms with Crippen molar-refractivity contribution in [2.24, 2.45) is 5.41 Å². The highest BCUT2D eigenvalue weighted by molar-refractivity contribution is 5.85. The minimum atomic E-state index is -1.26. The maximum atomic E-state index is 12.0. The Balaban J connectivity index is 2.30. The maximum absolute atomic E-state index is 12.0. The van der Waals surface area contributed by atoms with Gasteiger partial charge in [0.05, 0.1) is 17.4 Å². The smallest absolute Gasteiger partial charge is 0.314 e. The molecule has 2 rings (SSSR count). The van der Waals surface area contributed by atoms with Gasteiger partial charge in [-0.25, -0.2) is 0 Å². The van der Waals surface area contributed by atoms with Gasteiger partial charge in [0.15, 0.2) is 0 Å². The molecule has 2 N–H and O–H groups in total. The highest BCUT2D eigenvalue weighted by atomic mass is 16.5. The summed E-state index contributed by atoms with van der Waals surface area (Å²) in [6.45, 7) is 2.41. The predicted octanol–water partition coefficient (Wildman–Crippen LogP) is 2.48. The van der Waals surface area contributed by atoms with Crippen molar-refractivity contribution in [3.05, 3.63) is 42.0 Å². The summed E-state index contributed by atoms with van der Waals surface area (Å²) in [5.74, 6) is -1.43. The van der Waals surface area contributed by atoms with Crippen molar-refractivity contribution in [1.29, 1.82) is 0 Å². The molecule has 1 aliphatic carbocycles. The Morgan fingerprint density at radius 3 is 2.33 bits per heavy atom. The fourth-order valence-electron chi connectivity index (χ4n) is 3.04. The van der Waals surface area contributed by atoms with Gasteiger partial charge >= 0.3 is 11.9 Å². The third kappa shape index (κ3) is 3.43. The molecule has 0 bridgehead atoms. The topological polar surface area (TPSA) is 93.1 Å². The molecule has 2 atom stereocenters. The van der Waals surface area contributed by atoms with E-state index in [1.54, 1.807) is 50.5 Å². The van der Waals surface area contributed by atoms with Crippen molar-refractivity contribution < 1.29 is 29.3 Å². The van der Waals surface area contributed by atoms with E-state index in [4.69, 9.17) is 9.47 Å². The van der Waals surface area contributed by atoms with E-state index < -0.39 is 22.8 Å². The van der Waals surface area contributed by atoms with Crippen molar-refractivity contribution >= 4 is 11.9 Å². The summed E-state index contributed by atoms with van der Waals surface area (Å²) >= 11 is 0. The van der Waals surface area contributed by atoms with Crippen molar-refractivity contribution in [2.45, 2.75) is 25.2 Å². The van der Waals surface area contributed by atoms with Gasteiger partial charge in [-0.15, -0.1) is 0 Å². The number of rotatable bonds is 7. The van der Waals surface area contributed by atoms with Gasteiger partial charge < -0.3 is 19.7 Å². The largest absolute Gasteiger partial charge is 0.491 e. The Bertz CT molecular complexity index is 635. The third-order valence-corrected chi connectivity index (χ3v) is 4.48. The zero-order valence-electron chi connectivity index (χ0n) is 13.8. The minimum absolute atomic E-state index is 0.00501. The lowest BCUT2D eigenvalue weighted by atomic mass is 9.63. The molecule has 0 spiro atoms. The lowest BCUT2D eigenvalue weighted by molar-refractivity contribution is -0.151. The van der Waals surface area contributed by atoms with E-state index >= 15 is 0 Å². The Morgan fingerprint density at radius 2 is 1.79 bits per heavy atom. The summed E-state index contributed by atoms with van der Waals surface area (Å²) in [5.41, 5.74) is -1.89. The van der Waals surface area contributed by atoms with Crippen LogP contribution in [0.25, 0.3) is 0 Å². The van der Waals surface area contributed by atoms with E-state index in [1.807, 2.05) is 0 Å². The van der Waals surface area contributed by atoms with Gasteiger partial charge in [-0.2, -0.15) is 0 Å². The SMILES string of the molecule is COCCOc1ccc(C2(C(=O)O)CC=CC(C)(C(=O)O)C2)cc1. The average molecular weight is 334 g/mol. The van der Waals surface area contributed by atoms with Crippen LogP contribution in [0.15, 0.2) is 36.4 Å². The molecule has 130 valence electrons. The molecule has 0 fully saturated rings. The van der Waals surface area contributed by atoms with Crippen molar-refractivity contribution in [1.82, 2.24) is 0 Å². The van der Waals surface area contributed by atoms with E-state index in [0.717, 1.165) is 0 Å². The zero-order valence-corrected chi connectivity index (χ0v) is 13.8. The molecular formula is C18H22O6. The van der Waals surface area contributed by atoms with Gasteiger partial charge in [-0.1, -0.05) is 24.3 Å². The number of allylic oxidation sites excluding steroid dienone is 1. The summed E-state index contributed by atoms with van der Waals surface area (Å²) in [5, 5.41) is 19.3. The van der Waals surface area contributed by atoms with Gasteiger partial charge in [0.25, 0.3) is 0 Å². The van der Waals surface area contributed by atoms with E-state index in [-0.39, 0.29) is 12.8 Å². The van der Waals surface area contributed by atoms with Gasteiger partial charge in [-0.05, 0) is 37.5 Å². The van der Waals surface area contributed by atoms with E-state index in [2.05, 4.69) is 0 Å². The quantitative estimate of drug-likeness (QED) is 0.588. The van der Waals surface area contributed by atoms with E-state index in [9.17, 15) is 19.8 Å². The van der Waals surface area contributed by atoms with Crippen LogP contribution < -0.4 is 4.74 Å². The molecule has 0 heterocycles. The number of hydrogen-bond donors (Lipinski definition) is 2. The highest BCUT2D eigenvalue weighted by Gasteiger charge is 2.49. The molecule has 0 saturated carbocycles. The number of aliphatic carboxylic acids is 2. The number of ether oxygens (including phenoxy) is 2. The monoisotopic (exact) mass is 334 g/mol. The van der Waals surface area contributed by atoms with Crippen LogP contribution in [0.1, 0.15) is 25.3 Å². The van der Waals surface area contributed by atoms with Crippen LogP contribution in [0.3, 0.4) is 0 Å². The molecule has 0 saturated heterocycles. The summed E-state index contributed by atoms with van der Waals surface area (Å²) in [7, 11) is 1.58. The normalized spacial score (nSPS) is 26.1. The first kappa shape index (κ1) is 18.0. The first-order valence-corrected chi connectivity index (χ1v) is 7.71. The number of benzene rings is 1. The molecule has 0 amide bonds. The predicted molar refractivity (Wildman–Crippen MR) is 87.2 cm³/mol. The summed E-state index contributed by atoms with van der Waals surface area (Å²) in [6.07, 6.45) is 3.49. The Kier molecular flexibility index (Phi) is 5.29. The molecule has 0 aromatic heterocycles. The Morgan fingerprint density at radius 1 is 1.12 bits per heavy atom. The van der Waals surface area contributed by atoms with Crippen LogP contribution in [0.2, 0.25) is 0 Å². The Labute approximate surface area is 140 Å². The standard InChI is InChI=1S/C18H22O6/c1-17(15(19)20)8-3-9-18(12-17,16(21)22)13-4-6-14(7-5-13)24-11-10-23-2/h3-8H,9-12H2,1-2H3,(H,19,20)(H,21,22). The molecule has 6 heteroatoms. The zero-order chi connectivity index (χ0) is 17.8. The molecule has 1 aromatic carbocycles. The van der Waals surface area contributed by atoms with Crippen LogP contribution in [0.4, 0.5) is 0 Å². The fraction of sp³-hybridized carbons (Fsp3) is 0.444. The van der Waals surface area contributed by atoms with Crippen molar-refractivity contribution in [3.63, 3.8) is 0 Å². The summed E-state index contributed by atoms with van der Waals surface area (Å²) in [6, 6.07) is 6.79. The summed E-state index contributed by atoms with van der Waals surface area (Å²) < 4.78 is 10.4. The second kappa shape index (κ2) is 7.05. The third-order valence-electron chi connectivity index (χ3n) is 4.48. The van der Waals surface area contributed by atoms with Crippen LogP contribution >= 0.6 is 0 Å². The lowest BCUT2D eigenvalue weighted by Gasteiger charge is -2.38.